The molecule has 0 aliphatic carbocycles. The Bertz CT molecular complexity index is 318. The van der Waals surface area contributed by atoms with Crippen molar-refractivity contribution in [2.45, 2.75) is 30.7 Å². The molecular weight excluding hydrogens is 210 g/mol. The maximum Gasteiger partial charge on any atom is 0.157 e. The third-order valence-corrected chi connectivity index (χ3v) is 2.56. The topological polar surface area (TPSA) is 47.0 Å². The molecule has 1 aromatic heterocycles. The molecule has 0 aliphatic heterocycles. The predicted octanol–water partition coefficient (Wildman–Crippen LogP) is 2.17. The number of nitrogens with one attached hydrogen (secondary N) is 1. The molecule has 5 heteroatoms. The van der Waals surface area contributed by atoms with Gasteiger partial charge in [-0.3, -0.25) is 0 Å². The first-order chi connectivity index (χ1) is 7.15. The molecule has 0 aliphatic rings. The van der Waals surface area contributed by atoms with E-state index in [2.05, 4.69) is 29.1 Å². The summed E-state index contributed by atoms with van der Waals surface area (Å²) in [5, 5.41) is 4.52. The largest absolute Gasteiger partial charge is 0.377 e. The predicted molar refractivity (Wildman–Crippen MR) is 63.3 cm³/mol. The normalized spacial score (nSPS) is 10.7. The molecule has 0 saturated carbocycles. The van der Waals surface area contributed by atoms with Crippen LogP contribution in [0.3, 0.4) is 0 Å². The number of anilines is 1. The second-order valence-corrected chi connectivity index (χ2v) is 4.95. The first-order valence-corrected chi connectivity index (χ1v) is 5.75. The van der Waals surface area contributed by atoms with E-state index in [0.717, 1.165) is 10.8 Å². The maximum absolute atomic E-state index is 5.03. The number of methoxy groups -OCH3 is 1. The van der Waals surface area contributed by atoms with E-state index in [1.165, 1.54) is 0 Å². The molecule has 0 bridgehead atoms. The fraction of sp³-hybridized carbons (Fsp3) is 0.600. The Kier molecular flexibility index (Phi) is 4.84. The van der Waals surface area contributed by atoms with Crippen molar-refractivity contribution in [3.63, 3.8) is 0 Å². The monoisotopic (exact) mass is 227 g/mol. The summed E-state index contributed by atoms with van der Waals surface area (Å²) in [6, 6.07) is 1.95. The molecule has 0 saturated heterocycles. The molecule has 0 radical (unpaired) electrons. The number of ether oxygens (including phenoxy) is 1. The van der Waals surface area contributed by atoms with E-state index >= 15 is 0 Å². The number of hydrogen-bond donors (Lipinski definition) is 1. The van der Waals surface area contributed by atoms with Gasteiger partial charge in [-0.05, 0) is 0 Å². The Hall–Kier alpha value is -0.810. The molecule has 0 spiro atoms. The van der Waals surface area contributed by atoms with Crippen molar-refractivity contribution in [1.29, 1.82) is 0 Å². The summed E-state index contributed by atoms with van der Waals surface area (Å²) in [6.07, 6.45) is 0. The Morgan fingerprint density at radius 1 is 1.47 bits per heavy atom. The number of rotatable bonds is 5. The molecule has 1 heterocycles. The van der Waals surface area contributed by atoms with Crippen LogP contribution < -0.4 is 5.32 Å². The zero-order valence-corrected chi connectivity index (χ0v) is 10.4. The van der Waals surface area contributed by atoms with E-state index in [1.54, 1.807) is 18.9 Å². The SMILES string of the molecule is CNc1cc(SC(C)C)nc(COC)n1. The number of nitrogens with zero attached hydrogens (tertiary/aromatic N) is 2. The number of aromatic nitrogens is 2. The van der Waals surface area contributed by atoms with Crippen LogP contribution >= 0.6 is 11.8 Å². The maximum atomic E-state index is 5.03. The van der Waals surface area contributed by atoms with Crippen LogP contribution in [0.1, 0.15) is 19.7 Å². The zero-order valence-electron chi connectivity index (χ0n) is 9.57. The van der Waals surface area contributed by atoms with E-state index in [-0.39, 0.29) is 0 Å². The molecule has 15 heavy (non-hydrogen) atoms. The summed E-state index contributed by atoms with van der Waals surface area (Å²) in [4.78, 5) is 8.69. The summed E-state index contributed by atoms with van der Waals surface area (Å²) >= 11 is 1.72. The van der Waals surface area contributed by atoms with E-state index in [9.17, 15) is 0 Å². The van der Waals surface area contributed by atoms with Crippen molar-refractivity contribution in [2.75, 3.05) is 19.5 Å². The minimum Gasteiger partial charge on any atom is -0.377 e. The van der Waals surface area contributed by atoms with Gasteiger partial charge >= 0.3 is 0 Å². The van der Waals surface area contributed by atoms with Gasteiger partial charge in [0, 0.05) is 25.5 Å². The van der Waals surface area contributed by atoms with Gasteiger partial charge in [0.2, 0.25) is 0 Å². The average molecular weight is 227 g/mol. The fourth-order valence-corrected chi connectivity index (χ4v) is 1.92. The van der Waals surface area contributed by atoms with Gasteiger partial charge in [-0.15, -0.1) is 11.8 Å². The molecule has 0 amide bonds. The molecule has 4 nitrogen and oxygen atoms in total. The Morgan fingerprint density at radius 3 is 2.73 bits per heavy atom. The number of thioether (sulfide) groups is 1. The van der Waals surface area contributed by atoms with Gasteiger partial charge in [0.1, 0.15) is 17.5 Å². The van der Waals surface area contributed by atoms with Crippen LogP contribution in [0.5, 0.6) is 0 Å². The van der Waals surface area contributed by atoms with Crippen LogP contribution in [-0.2, 0) is 11.3 Å². The zero-order chi connectivity index (χ0) is 11.3. The lowest BCUT2D eigenvalue weighted by molar-refractivity contribution is 0.177. The van der Waals surface area contributed by atoms with Gasteiger partial charge in [-0.1, -0.05) is 13.8 Å². The summed E-state index contributed by atoms with van der Waals surface area (Å²) in [5.41, 5.74) is 0. The first kappa shape index (κ1) is 12.3. The van der Waals surface area contributed by atoms with Crippen molar-refractivity contribution in [3.05, 3.63) is 11.9 Å². The van der Waals surface area contributed by atoms with Gasteiger partial charge < -0.3 is 10.1 Å². The van der Waals surface area contributed by atoms with Crippen LogP contribution in [0, 0.1) is 0 Å². The second-order valence-electron chi connectivity index (χ2n) is 3.36. The highest BCUT2D eigenvalue weighted by Gasteiger charge is 2.05. The quantitative estimate of drug-likeness (QED) is 0.617. The lowest BCUT2D eigenvalue weighted by atomic mass is 10.5. The van der Waals surface area contributed by atoms with Crippen LogP contribution in [0.2, 0.25) is 0 Å². The van der Waals surface area contributed by atoms with E-state index in [4.69, 9.17) is 4.74 Å². The summed E-state index contributed by atoms with van der Waals surface area (Å²) < 4.78 is 5.03. The summed E-state index contributed by atoms with van der Waals surface area (Å²) in [5.74, 6) is 1.55. The highest BCUT2D eigenvalue weighted by Crippen LogP contribution is 2.22. The van der Waals surface area contributed by atoms with E-state index < -0.39 is 0 Å². The Morgan fingerprint density at radius 2 is 2.20 bits per heavy atom. The van der Waals surface area contributed by atoms with Gasteiger partial charge in [0.25, 0.3) is 0 Å². The standard InChI is InChI=1S/C10H17N3OS/c1-7(2)15-10-5-8(11-3)12-9(13-10)6-14-4/h5,7H,6H2,1-4H3,(H,11,12,13). The highest BCUT2D eigenvalue weighted by molar-refractivity contribution is 7.99. The third kappa shape index (κ3) is 4.05. The molecule has 0 unspecified atom stereocenters. The lowest BCUT2D eigenvalue weighted by Crippen LogP contribution is -2.03. The minimum atomic E-state index is 0.446. The van der Waals surface area contributed by atoms with Crippen LogP contribution in [0.15, 0.2) is 11.1 Å². The molecule has 0 atom stereocenters. The molecule has 1 aromatic rings. The van der Waals surface area contributed by atoms with Gasteiger partial charge in [-0.25, -0.2) is 9.97 Å². The average Bonchev–Trinajstić information content (AvgIpc) is 2.16. The molecular formula is C10H17N3OS. The van der Waals surface area contributed by atoms with Crippen molar-refractivity contribution < 1.29 is 4.74 Å². The van der Waals surface area contributed by atoms with Crippen LogP contribution in [-0.4, -0.2) is 29.4 Å². The molecule has 84 valence electrons. The van der Waals surface area contributed by atoms with E-state index in [1.807, 2.05) is 13.1 Å². The highest BCUT2D eigenvalue weighted by atomic mass is 32.2. The summed E-state index contributed by atoms with van der Waals surface area (Å²) in [6.45, 7) is 4.73. The third-order valence-electron chi connectivity index (χ3n) is 1.63. The number of hydrogen-bond acceptors (Lipinski definition) is 5. The van der Waals surface area contributed by atoms with Crippen LogP contribution in [0.25, 0.3) is 0 Å². The second kappa shape index (κ2) is 5.92. The van der Waals surface area contributed by atoms with Crippen molar-refractivity contribution >= 4 is 17.6 Å². The molecule has 0 aromatic carbocycles. The van der Waals surface area contributed by atoms with Gasteiger partial charge in [0.05, 0.1) is 0 Å². The summed E-state index contributed by atoms with van der Waals surface area (Å²) in [7, 11) is 3.49. The Labute approximate surface area is 94.8 Å². The van der Waals surface area contributed by atoms with Gasteiger partial charge in [0.15, 0.2) is 5.82 Å². The Balaban J connectivity index is 2.89. The molecule has 1 rings (SSSR count). The molecule has 1 N–H and O–H groups in total. The minimum absolute atomic E-state index is 0.446. The van der Waals surface area contributed by atoms with Crippen molar-refractivity contribution in [3.8, 4) is 0 Å². The van der Waals surface area contributed by atoms with Gasteiger partial charge in [-0.2, -0.15) is 0 Å². The lowest BCUT2D eigenvalue weighted by Gasteiger charge is -2.08. The van der Waals surface area contributed by atoms with E-state index in [0.29, 0.717) is 17.7 Å². The smallest absolute Gasteiger partial charge is 0.157 e. The van der Waals surface area contributed by atoms with Crippen LogP contribution in [0.4, 0.5) is 5.82 Å². The molecule has 0 fully saturated rings. The van der Waals surface area contributed by atoms with Crippen molar-refractivity contribution in [2.24, 2.45) is 0 Å². The fourth-order valence-electron chi connectivity index (χ4n) is 1.10. The first-order valence-electron chi connectivity index (χ1n) is 4.87. The van der Waals surface area contributed by atoms with Crippen molar-refractivity contribution in [1.82, 2.24) is 9.97 Å².